The Morgan fingerprint density at radius 2 is 1.89 bits per heavy atom. The Labute approximate surface area is 111 Å². The van der Waals surface area contributed by atoms with Gasteiger partial charge in [0, 0.05) is 6.54 Å². The molecule has 0 spiro atoms. The standard InChI is InChI=1S/C10H14F2N2O2S.ClH/c1-13-6-3-7-14-17(15,16)9-5-2-4-8(11)10(9)12;/h2,4-5,13-14H,3,6-7H2,1H3;1H. The summed E-state index contributed by atoms with van der Waals surface area (Å²) in [7, 11) is -2.25. The summed E-state index contributed by atoms with van der Waals surface area (Å²) in [6, 6.07) is 3.05. The van der Waals surface area contributed by atoms with E-state index in [1.807, 2.05) is 0 Å². The minimum atomic E-state index is -3.99. The third kappa shape index (κ3) is 4.49. The fourth-order valence-electron chi connectivity index (χ4n) is 1.24. The molecule has 104 valence electrons. The van der Waals surface area contributed by atoms with E-state index < -0.39 is 26.6 Å². The van der Waals surface area contributed by atoms with Crippen molar-refractivity contribution >= 4 is 22.4 Å². The maximum Gasteiger partial charge on any atom is 0.243 e. The molecule has 1 rings (SSSR count). The van der Waals surface area contributed by atoms with Crippen LogP contribution in [-0.4, -0.2) is 28.6 Å². The summed E-state index contributed by atoms with van der Waals surface area (Å²) >= 11 is 0. The van der Waals surface area contributed by atoms with Crippen LogP contribution in [0.2, 0.25) is 0 Å². The average Bonchev–Trinajstić information content (AvgIpc) is 2.28. The largest absolute Gasteiger partial charge is 0.320 e. The zero-order valence-electron chi connectivity index (χ0n) is 9.74. The molecule has 0 bridgehead atoms. The molecule has 0 aliphatic carbocycles. The van der Waals surface area contributed by atoms with E-state index in [0.717, 1.165) is 18.2 Å². The highest BCUT2D eigenvalue weighted by Gasteiger charge is 2.20. The summed E-state index contributed by atoms with van der Waals surface area (Å²) < 4.78 is 51.6. The number of nitrogens with one attached hydrogen (secondary N) is 2. The van der Waals surface area contributed by atoms with Gasteiger partial charge in [0.25, 0.3) is 0 Å². The van der Waals surface area contributed by atoms with Gasteiger partial charge >= 0.3 is 0 Å². The molecule has 0 atom stereocenters. The normalized spacial score (nSPS) is 11.1. The molecule has 8 heteroatoms. The van der Waals surface area contributed by atoms with E-state index in [0.29, 0.717) is 13.0 Å². The predicted molar refractivity (Wildman–Crippen MR) is 67.3 cm³/mol. The van der Waals surface area contributed by atoms with Crippen LogP contribution >= 0.6 is 12.4 Å². The van der Waals surface area contributed by atoms with Gasteiger partial charge in [-0.15, -0.1) is 12.4 Å². The van der Waals surface area contributed by atoms with E-state index in [1.54, 1.807) is 7.05 Å². The lowest BCUT2D eigenvalue weighted by atomic mass is 10.3. The second kappa shape index (κ2) is 7.63. The van der Waals surface area contributed by atoms with Crippen LogP contribution in [0.4, 0.5) is 8.78 Å². The zero-order chi connectivity index (χ0) is 12.9. The molecule has 4 nitrogen and oxygen atoms in total. The van der Waals surface area contributed by atoms with Crippen molar-refractivity contribution in [2.24, 2.45) is 0 Å². The molecule has 2 N–H and O–H groups in total. The summed E-state index contributed by atoms with van der Waals surface area (Å²) in [5, 5.41) is 2.85. The van der Waals surface area contributed by atoms with Gasteiger partial charge in [-0.1, -0.05) is 6.07 Å². The van der Waals surface area contributed by atoms with Gasteiger partial charge in [-0.25, -0.2) is 21.9 Å². The first-order chi connectivity index (χ1) is 7.99. The van der Waals surface area contributed by atoms with Crippen molar-refractivity contribution in [3.8, 4) is 0 Å². The maximum absolute atomic E-state index is 13.3. The van der Waals surface area contributed by atoms with E-state index in [4.69, 9.17) is 0 Å². The van der Waals surface area contributed by atoms with E-state index in [1.165, 1.54) is 0 Å². The van der Waals surface area contributed by atoms with Crippen LogP contribution in [0, 0.1) is 11.6 Å². The van der Waals surface area contributed by atoms with Crippen molar-refractivity contribution in [1.82, 2.24) is 10.0 Å². The van der Waals surface area contributed by atoms with E-state index in [9.17, 15) is 17.2 Å². The molecular weight excluding hydrogens is 286 g/mol. The summed E-state index contributed by atoms with van der Waals surface area (Å²) in [5.41, 5.74) is 0. The first kappa shape index (κ1) is 17.2. The number of hydrogen-bond donors (Lipinski definition) is 2. The smallest absolute Gasteiger partial charge is 0.243 e. The van der Waals surface area contributed by atoms with Gasteiger partial charge in [-0.2, -0.15) is 0 Å². The van der Waals surface area contributed by atoms with Crippen molar-refractivity contribution < 1.29 is 17.2 Å². The monoisotopic (exact) mass is 300 g/mol. The van der Waals surface area contributed by atoms with Crippen molar-refractivity contribution in [3.63, 3.8) is 0 Å². The first-order valence-corrected chi connectivity index (χ1v) is 6.55. The molecule has 0 amide bonds. The number of hydrogen-bond acceptors (Lipinski definition) is 3. The Morgan fingerprint density at radius 3 is 2.50 bits per heavy atom. The number of benzene rings is 1. The van der Waals surface area contributed by atoms with Gasteiger partial charge in [-0.05, 0) is 32.1 Å². The third-order valence-electron chi connectivity index (χ3n) is 2.10. The lowest BCUT2D eigenvalue weighted by Gasteiger charge is -2.07. The summed E-state index contributed by atoms with van der Waals surface area (Å²) in [4.78, 5) is -0.665. The average molecular weight is 301 g/mol. The fourth-order valence-corrected chi connectivity index (χ4v) is 2.40. The molecule has 0 saturated carbocycles. The highest BCUT2D eigenvalue weighted by molar-refractivity contribution is 7.89. The van der Waals surface area contributed by atoms with Gasteiger partial charge in [0.1, 0.15) is 4.90 Å². The molecule has 1 aromatic carbocycles. The highest BCUT2D eigenvalue weighted by atomic mass is 35.5. The number of sulfonamides is 1. The number of halogens is 3. The molecule has 0 saturated heterocycles. The Hall–Kier alpha value is -0.760. The van der Waals surface area contributed by atoms with Gasteiger partial charge in [0.05, 0.1) is 0 Å². The van der Waals surface area contributed by atoms with Crippen molar-refractivity contribution in [1.29, 1.82) is 0 Å². The molecule has 18 heavy (non-hydrogen) atoms. The Bertz CT molecular complexity index is 483. The van der Waals surface area contributed by atoms with E-state index in [2.05, 4.69) is 10.0 Å². The third-order valence-corrected chi connectivity index (χ3v) is 3.58. The van der Waals surface area contributed by atoms with Crippen molar-refractivity contribution in [2.45, 2.75) is 11.3 Å². The minimum absolute atomic E-state index is 0. The molecule has 0 radical (unpaired) electrons. The second-order valence-electron chi connectivity index (χ2n) is 3.41. The van der Waals surface area contributed by atoms with Gasteiger partial charge in [0.2, 0.25) is 10.0 Å². The lowest BCUT2D eigenvalue weighted by molar-refractivity contribution is 0.483. The van der Waals surface area contributed by atoms with Crippen LogP contribution in [-0.2, 0) is 10.0 Å². The first-order valence-electron chi connectivity index (χ1n) is 5.07. The molecule has 0 heterocycles. The lowest BCUT2D eigenvalue weighted by Crippen LogP contribution is -2.27. The van der Waals surface area contributed by atoms with Crippen molar-refractivity contribution in [2.75, 3.05) is 20.1 Å². The second-order valence-corrected chi connectivity index (χ2v) is 5.14. The molecule has 0 unspecified atom stereocenters. The fraction of sp³-hybridized carbons (Fsp3) is 0.400. The van der Waals surface area contributed by atoms with E-state index >= 15 is 0 Å². The topological polar surface area (TPSA) is 58.2 Å². The molecule has 1 aromatic rings. The summed E-state index contributed by atoms with van der Waals surface area (Å²) in [5.74, 6) is -2.53. The molecule has 0 aliphatic rings. The Balaban J connectivity index is 0.00000289. The zero-order valence-corrected chi connectivity index (χ0v) is 11.4. The maximum atomic E-state index is 13.3. The van der Waals surface area contributed by atoms with Gasteiger partial charge < -0.3 is 5.32 Å². The highest BCUT2D eigenvalue weighted by Crippen LogP contribution is 2.16. The van der Waals surface area contributed by atoms with Crippen molar-refractivity contribution in [3.05, 3.63) is 29.8 Å². The summed E-state index contributed by atoms with van der Waals surface area (Å²) in [6.07, 6.45) is 0.562. The van der Waals surface area contributed by atoms with Crippen LogP contribution in [0.3, 0.4) is 0 Å². The van der Waals surface area contributed by atoms with Crippen LogP contribution in [0.25, 0.3) is 0 Å². The van der Waals surface area contributed by atoms with Gasteiger partial charge in [-0.3, -0.25) is 0 Å². The van der Waals surface area contributed by atoms with Crippen LogP contribution in [0.15, 0.2) is 23.1 Å². The molecular formula is C10H15ClF2N2O2S. The summed E-state index contributed by atoms with van der Waals surface area (Å²) in [6.45, 7) is 0.799. The number of rotatable bonds is 6. The molecule has 0 fully saturated rings. The quantitative estimate of drug-likeness (QED) is 0.778. The van der Waals surface area contributed by atoms with E-state index in [-0.39, 0.29) is 19.0 Å². The Kier molecular flexibility index (Phi) is 7.30. The Morgan fingerprint density at radius 1 is 1.22 bits per heavy atom. The van der Waals surface area contributed by atoms with Crippen LogP contribution < -0.4 is 10.0 Å². The minimum Gasteiger partial charge on any atom is -0.320 e. The van der Waals surface area contributed by atoms with Gasteiger partial charge in [0.15, 0.2) is 11.6 Å². The molecule has 0 aliphatic heterocycles. The predicted octanol–water partition coefficient (Wildman–Crippen LogP) is 1.27. The SMILES string of the molecule is CNCCCNS(=O)(=O)c1cccc(F)c1F.Cl. The molecule has 0 aromatic heterocycles. The van der Waals surface area contributed by atoms with Crippen LogP contribution in [0.1, 0.15) is 6.42 Å². The van der Waals surface area contributed by atoms with Crippen LogP contribution in [0.5, 0.6) is 0 Å².